The lowest BCUT2D eigenvalue weighted by Crippen LogP contribution is -2.70. The van der Waals surface area contributed by atoms with Crippen LogP contribution in [0.25, 0.3) is 16.6 Å². The van der Waals surface area contributed by atoms with E-state index >= 15 is 0 Å². The maximum Gasteiger partial charge on any atom is 0.165 e. The Kier molecular flexibility index (Phi) is 16.0. The van der Waals surface area contributed by atoms with E-state index in [0.717, 1.165) is 151 Å². The highest BCUT2D eigenvalue weighted by Crippen LogP contribution is 2.69. The van der Waals surface area contributed by atoms with Crippen molar-refractivity contribution in [1.82, 2.24) is 15.2 Å². The number of benzene rings is 5. The molecule has 0 radical (unpaired) electrons. The van der Waals surface area contributed by atoms with Crippen LogP contribution in [0.3, 0.4) is 0 Å². The molecule has 13 atom stereocenters. The van der Waals surface area contributed by atoms with E-state index in [1.807, 2.05) is 18.2 Å². The Balaban J connectivity index is 0.882. The van der Waals surface area contributed by atoms with Crippen LogP contribution in [-0.4, -0.2) is 80.6 Å². The van der Waals surface area contributed by atoms with E-state index in [1.54, 1.807) is 36.9 Å². The summed E-state index contributed by atoms with van der Waals surface area (Å²) in [5.74, 6) is 11.7. The highest BCUT2D eigenvalue weighted by atomic mass is 16.5. The minimum Gasteiger partial charge on any atom is -0.508 e. The van der Waals surface area contributed by atoms with Gasteiger partial charge in [-0.05, 0) is 243 Å². The molecule has 4 fully saturated rings. The van der Waals surface area contributed by atoms with E-state index in [2.05, 4.69) is 89.7 Å². The number of aromatic hydroxyl groups is 3. The van der Waals surface area contributed by atoms with Crippen LogP contribution in [0, 0.1) is 53.3 Å². The summed E-state index contributed by atoms with van der Waals surface area (Å²) in [7, 11) is 1.78. The van der Waals surface area contributed by atoms with Crippen molar-refractivity contribution in [3.05, 3.63) is 169 Å². The van der Waals surface area contributed by atoms with Gasteiger partial charge in [-0.1, -0.05) is 87.1 Å². The van der Waals surface area contributed by atoms with Crippen molar-refractivity contribution in [1.29, 1.82) is 0 Å². The van der Waals surface area contributed by atoms with E-state index in [9.17, 15) is 25.5 Å². The van der Waals surface area contributed by atoms with Gasteiger partial charge in [-0.15, -0.1) is 0 Å². The molecular weight excluding hydrogens is 1150 g/mol. The SMILES string of the molecule is COC1CCC2=C3C#CC(CCc4ccc(O)c(Cc5cccc(O)c5)c4)CCCC4CC(O)C5Cc6c(CO)cc(O)c(c6C(CC(C)C)C5)OCc5cc(C67c8c9cccc8CC8CCC%10CCCCC%10(OCC6CC9)C87)cc6cn(cc56)C(=C3CO4)NC2N1. The molecule has 5 aliphatic carbocycles. The predicted octanol–water partition coefficient (Wildman–Crippen LogP) is 13.8. The minimum atomic E-state index is -0.694. The van der Waals surface area contributed by atoms with Gasteiger partial charge < -0.3 is 54.4 Å². The highest BCUT2D eigenvalue weighted by Gasteiger charge is 2.69. The van der Waals surface area contributed by atoms with Gasteiger partial charge in [0.05, 0.1) is 37.6 Å². The van der Waals surface area contributed by atoms with Crippen LogP contribution in [-0.2, 0) is 64.9 Å². The number of fused-ring (bicyclic) bond motifs is 4. The number of rotatable bonds is 10. The van der Waals surface area contributed by atoms with E-state index in [4.69, 9.17) is 18.9 Å². The lowest BCUT2D eigenvalue weighted by atomic mass is 9.39. The molecule has 13 unspecified atom stereocenters. The zero-order valence-electron chi connectivity index (χ0n) is 54.1. The Labute approximate surface area is 542 Å². The highest BCUT2D eigenvalue weighted by molar-refractivity contribution is 5.89. The second-order valence-electron chi connectivity index (χ2n) is 30.1. The van der Waals surface area contributed by atoms with Crippen LogP contribution < -0.4 is 15.4 Å². The molecule has 92 heavy (non-hydrogen) atoms. The smallest absolute Gasteiger partial charge is 0.165 e. The second-order valence-corrected chi connectivity index (χ2v) is 30.1. The van der Waals surface area contributed by atoms with Gasteiger partial charge in [-0.2, -0.15) is 0 Å². The summed E-state index contributed by atoms with van der Waals surface area (Å²) in [6.45, 7) is 5.56. The number of ether oxygens (including phenoxy) is 4. The molecule has 12 heteroatoms. The van der Waals surface area contributed by atoms with Crippen LogP contribution in [0.2, 0.25) is 0 Å². The number of aliphatic hydroxyl groups excluding tert-OH is 2. The average molecular weight is 1240 g/mol. The number of piperidine rings is 1. The van der Waals surface area contributed by atoms with Gasteiger partial charge in [-0.3, -0.25) is 5.32 Å². The number of hydrogen-bond acceptors (Lipinski definition) is 11. The van der Waals surface area contributed by atoms with E-state index in [1.165, 1.54) is 54.4 Å². The molecule has 12 nitrogen and oxygen atoms in total. The van der Waals surface area contributed by atoms with E-state index < -0.39 is 6.10 Å². The number of nitrogens with one attached hydrogen (secondary N) is 2. The monoisotopic (exact) mass is 1240 g/mol. The molecule has 7 N–H and O–H groups in total. The zero-order valence-corrected chi connectivity index (χ0v) is 54.1. The number of phenolic OH excluding ortho intramolecular Hbond substituents is 3. The molecule has 6 aliphatic heterocycles. The van der Waals surface area contributed by atoms with Gasteiger partial charge in [0.15, 0.2) is 11.5 Å². The molecule has 2 saturated heterocycles. The number of aliphatic hydroxyl groups is 2. The van der Waals surface area contributed by atoms with Crippen LogP contribution >= 0.6 is 0 Å². The van der Waals surface area contributed by atoms with Crippen molar-refractivity contribution in [3.8, 4) is 34.8 Å². The quantitative estimate of drug-likeness (QED) is 0.0653. The van der Waals surface area contributed by atoms with Crippen LogP contribution in [0.1, 0.15) is 184 Å². The standard InChI is InChI=1S/C80H93N3O9/c1-46(2)29-55-34-54-37-66-57(42-84)38-71(88)75(73(55)66)91-43-58-36-61(80-60-23-20-50-11-8-12-51(74(50)80)33-52-21-22-59-13-4-5-28-79(59,76(52)80)92-44-60)35-56-40-83(41-67(56)58)78-68-45-90-63(39-70(54)87)15-7-9-47(18-24-64(68)65-25-27-72(89-3)81-77(65)82-78)16-17-48-19-26-69(86)53(30-48)31-49-10-6-14-62(85)32-49/h6,8,10-12,14,19,26,30,32,35-36,38,40-41,46-47,52,54-55,59-60,63,70,72,76-77,81-82,84-88H,4-5,7,9,13,15-17,20-23,25,27-29,31,33-34,37,39,42-45H2,1-3H3. The third-order valence-corrected chi connectivity index (χ3v) is 24.4. The number of dihydropyridines is 1. The molecule has 1 aromatic heterocycles. The topological polar surface area (TPSA) is 167 Å². The van der Waals surface area contributed by atoms with Crippen molar-refractivity contribution in [3.63, 3.8) is 0 Å². The Hall–Kier alpha value is -6.56. The number of aryl methyl sites for hydroxylation is 2. The summed E-state index contributed by atoms with van der Waals surface area (Å²) in [5, 5.41) is 68.0. The summed E-state index contributed by atoms with van der Waals surface area (Å²) in [5.41, 5.74) is 15.4. The Morgan fingerprint density at radius 2 is 1.68 bits per heavy atom. The number of hydrogen-bond donors (Lipinski definition) is 7. The van der Waals surface area contributed by atoms with Crippen molar-refractivity contribution in [2.24, 2.45) is 41.4 Å². The van der Waals surface area contributed by atoms with Gasteiger partial charge in [-0.25, -0.2) is 0 Å². The maximum absolute atomic E-state index is 12.9. The molecule has 0 amide bonds. The maximum atomic E-state index is 12.9. The molecule has 6 aromatic rings. The first-order valence-corrected chi connectivity index (χ1v) is 35.3. The van der Waals surface area contributed by atoms with Crippen LogP contribution in [0.4, 0.5) is 0 Å². The van der Waals surface area contributed by atoms with Crippen molar-refractivity contribution >= 4 is 16.6 Å². The fourth-order valence-corrected chi connectivity index (χ4v) is 20.5. The molecule has 8 bridgehead atoms. The van der Waals surface area contributed by atoms with Crippen molar-refractivity contribution in [2.45, 2.75) is 203 Å². The fourth-order valence-electron chi connectivity index (χ4n) is 20.5. The molecular formula is C80H93N3O9. The molecule has 2 saturated carbocycles. The van der Waals surface area contributed by atoms with Crippen LogP contribution in [0.15, 0.2) is 108 Å². The predicted molar refractivity (Wildman–Crippen MR) is 357 cm³/mol. The zero-order chi connectivity index (χ0) is 62.6. The van der Waals surface area contributed by atoms with Gasteiger partial charge >= 0.3 is 0 Å². The minimum absolute atomic E-state index is 0.0235. The van der Waals surface area contributed by atoms with Gasteiger partial charge in [0, 0.05) is 70.7 Å². The largest absolute Gasteiger partial charge is 0.508 e. The number of aromatic nitrogens is 1. The molecule has 1 spiro atoms. The first kappa shape index (κ1) is 60.4. The van der Waals surface area contributed by atoms with Gasteiger partial charge in [0.1, 0.15) is 36.3 Å². The third kappa shape index (κ3) is 10.4. The van der Waals surface area contributed by atoms with Gasteiger partial charge in [0.25, 0.3) is 0 Å². The molecule has 17 rings (SSSR count). The Morgan fingerprint density at radius 1 is 0.793 bits per heavy atom. The second kappa shape index (κ2) is 24.3. The number of nitrogens with zero attached hydrogens (tertiary/aromatic N) is 1. The van der Waals surface area contributed by atoms with E-state index in [0.29, 0.717) is 66.8 Å². The summed E-state index contributed by atoms with van der Waals surface area (Å²) in [6, 6.07) is 27.3. The Morgan fingerprint density at radius 3 is 2.55 bits per heavy atom. The third-order valence-electron chi connectivity index (χ3n) is 24.4. The summed E-state index contributed by atoms with van der Waals surface area (Å²) in [6.07, 6.45) is 22.5. The average Bonchev–Trinajstić information content (AvgIpc) is 0.696. The summed E-state index contributed by atoms with van der Waals surface area (Å²) < 4.78 is 30.8. The van der Waals surface area contributed by atoms with Gasteiger partial charge in [0.2, 0.25) is 0 Å². The van der Waals surface area contributed by atoms with E-state index in [-0.39, 0.29) is 77.7 Å². The molecule has 5 aromatic carbocycles. The first-order valence-electron chi connectivity index (χ1n) is 35.3. The van der Waals surface area contributed by atoms with Crippen molar-refractivity contribution in [2.75, 3.05) is 20.3 Å². The molecule has 482 valence electrons. The normalized spacial score (nSPS) is 31.3. The van der Waals surface area contributed by atoms with Crippen LogP contribution in [0.5, 0.6) is 23.0 Å². The molecule has 11 aliphatic rings. The van der Waals surface area contributed by atoms with Crippen molar-refractivity contribution < 1.29 is 44.5 Å². The summed E-state index contributed by atoms with van der Waals surface area (Å²) in [4.78, 5) is 0. The lowest BCUT2D eigenvalue weighted by Gasteiger charge is -2.69. The lowest BCUT2D eigenvalue weighted by molar-refractivity contribution is -0.247. The fraction of sp³-hybridized carbons (Fsp3) is 0.525. The summed E-state index contributed by atoms with van der Waals surface area (Å²) >= 11 is 0. The molecule has 7 heterocycles. The first-order chi connectivity index (χ1) is 44.8. The number of methoxy groups -OCH3 is 1. The Bertz CT molecular complexity index is 3980. The number of phenols is 3.